The predicted molar refractivity (Wildman–Crippen MR) is 113 cm³/mol. The number of hydrogen-bond donors (Lipinski definition) is 0. The Balaban J connectivity index is 1.93. The first-order valence-electron chi connectivity index (χ1n) is 9.23. The van der Waals surface area contributed by atoms with Crippen LogP contribution in [-0.2, 0) is 23.6 Å². The van der Waals surface area contributed by atoms with E-state index in [4.69, 9.17) is 0 Å². The third-order valence-electron chi connectivity index (χ3n) is 5.18. The Morgan fingerprint density at radius 3 is 2.34 bits per heavy atom. The van der Waals surface area contributed by atoms with E-state index < -0.39 is 10.0 Å². The summed E-state index contributed by atoms with van der Waals surface area (Å²) in [4.78, 5) is 18.6. The van der Waals surface area contributed by atoms with Gasteiger partial charge in [-0.2, -0.15) is 4.31 Å². The highest BCUT2D eigenvalue weighted by Crippen LogP contribution is 2.22. The van der Waals surface area contributed by atoms with E-state index in [9.17, 15) is 13.2 Å². The fraction of sp³-hybridized carbons (Fsp3) is 0.333. The van der Waals surface area contributed by atoms with Crippen molar-refractivity contribution in [2.24, 2.45) is 7.05 Å². The molecule has 0 atom stereocenters. The van der Waals surface area contributed by atoms with Gasteiger partial charge >= 0.3 is 0 Å². The molecule has 0 bridgehead atoms. The van der Waals surface area contributed by atoms with Crippen molar-refractivity contribution in [2.45, 2.75) is 25.3 Å². The zero-order valence-corrected chi connectivity index (χ0v) is 18.4. The first-order valence-corrected chi connectivity index (χ1v) is 10.7. The predicted octanol–water partition coefficient (Wildman–Crippen LogP) is 2.71. The average Bonchev–Trinajstić information content (AvgIpc) is 2.98. The van der Waals surface area contributed by atoms with Gasteiger partial charge in [0.25, 0.3) is 5.91 Å². The molecule has 8 heteroatoms. The highest BCUT2D eigenvalue weighted by atomic mass is 32.2. The van der Waals surface area contributed by atoms with Crippen molar-refractivity contribution in [3.05, 3.63) is 58.9 Å². The molecule has 0 unspecified atom stereocenters. The number of fused-ring (bicyclic) bond motifs is 1. The number of benzene rings is 2. The molecule has 0 spiro atoms. The van der Waals surface area contributed by atoms with Gasteiger partial charge in [-0.1, -0.05) is 6.07 Å². The van der Waals surface area contributed by atoms with Crippen LogP contribution < -0.4 is 0 Å². The molecule has 0 aliphatic heterocycles. The summed E-state index contributed by atoms with van der Waals surface area (Å²) >= 11 is 0. The lowest BCUT2D eigenvalue weighted by Crippen LogP contribution is -2.27. The minimum atomic E-state index is -3.64. The number of amides is 1. The molecule has 154 valence electrons. The summed E-state index contributed by atoms with van der Waals surface area (Å²) in [5, 5.41) is 0. The minimum absolute atomic E-state index is 0.103. The average molecular weight is 415 g/mol. The molecule has 1 heterocycles. The van der Waals surface area contributed by atoms with Gasteiger partial charge in [-0.05, 0) is 55.3 Å². The molecular formula is C21H26N4O3S. The lowest BCUT2D eigenvalue weighted by atomic mass is 10.1. The molecular weight excluding hydrogens is 388 g/mol. The van der Waals surface area contributed by atoms with E-state index in [1.807, 2.05) is 37.6 Å². The molecule has 0 fully saturated rings. The maximum atomic E-state index is 13.0. The number of carbonyl (C=O) groups excluding carboxylic acids is 1. The van der Waals surface area contributed by atoms with Crippen molar-refractivity contribution in [1.82, 2.24) is 18.8 Å². The number of imidazole rings is 1. The van der Waals surface area contributed by atoms with Crippen molar-refractivity contribution in [1.29, 1.82) is 0 Å². The van der Waals surface area contributed by atoms with Gasteiger partial charge in [0.05, 0.1) is 22.5 Å². The zero-order valence-electron chi connectivity index (χ0n) is 17.6. The summed E-state index contributed by atoms with van der Waals surface area (Å²) in [5.74, 6) is 0.498. The van der Waals surface area contributed by atoms with E-state index in [2.05, 4.69) is 4.98 Å². The van der Waals surface area contributed by atoms with Crippen molar-refractivity contribution in [3.8, 4) is 0 Å². The molecule has 1 amide bonds. The molecule has 0 saturated heterocycles. The van der Waals surface area contributed by atoms with Crippen LogP contribution in [0.4, 0.5) is 0 Å². The quantitative estimate of drug-likeness (QED) is 0.643. The molecule has 0 radical (unpaired) electrons. The van der Waals surface area contributed by atoms with Crippen LogP contribution in [0.15, 0.2) is 41.3 Å². The normalized spacial score (nSPS) is 12.0. The first-order chi connectivity index (χ1) is 13.5. The van der Waals surface area contributed by atoms with Crippen LogP contribution in [0.1, 0.15) is 27.3 Å². The maximum absolute atomic E-state index is 13.0. The van der Waals surface area contributed by atoms with Gasteiger partial charge in [0, 0.05) is 33.8 Å². The number of aryl methyl sites for hydroxylation is 3. The van der Waals surface area contributed by atoms with Crippen LogP contribution in [0, 0.1) is 13.8 Å². The SMILES string of the molecule is Cc1ccc(S(=O)(=O)N(C)Cc2nc3cc(C(=O)N(C)C)ccc3n2C)cc1C. The van der Waals surface area contributed by atoms with Gasteiger partial charge in [0.15, 0.2) is 0 Å². The van der Waals surface area contributed by atoms with Crippen molar-refractivity contribution in [3.63, 3.8) is 0 Å². The topological polar surface area (TPSA) is 75.5 Å². The van der Waals surface area contributed by atoms with Crippen molar-refractivity contribution in [2.75, 3.05) is 21.1 Å². The second-order valence-corrected chi connectivity index (χ2v) is 9.54. The van der Waals surface area contributed by atoms with E-state index >= 15 is 0 Å². The van der Waals surface area contributed by atoms with Gasteiger partial charge in [-0.25, -0.2) is 13.4 Å². The highest BCUT2D eigenvalue weighted by Gasteiger charge is 2.23. The van der Waals surface area contributed by atoms with Gasteiger partial charge in [-0.15, -0.1) is 0 Å². The lowest BCUT2D eigenvalue weighted by Gasteiger charge is -2.17. The van der Waals surface area contributed by atoms with Crippen LogP contribution in [0.3, 0.4) is 0 Å². The monoisotopic (exact) mass is 414 g/mol. The van der Waals surface area contributed by atoms with Gasteiger partial charge in [0.1, 0.15) is 5.82 Å². The number of hydrogen-bond acceptors (Lipinski definition) is 4. The fourth-order valence-corrected chi connectivity index (χ4v) is 4.33. The molecule has 7 nitrogen and oxygen atoms in total. The third kappa shape index (κ3) is 3.90. The van der Waals surface area contributed by atoms with Crippen LogP contribution >= 0.6 is 0 Å². The van der Waals surface area contributed by atoms with E-state index in [0.29, 0.717) is 16.9 Å². The Labute approximate surface area is 171 Å². The zero-order chi connectivity index (χ0) is 21.5. The Bertz CT molecular complexity index is 1200. The highest BCUT2D eigenvalue weighted by molar-refractivity contribution is 7.89. The Kier molecular flexibility index (Phi) is 5.51. The summed E-state index contributed by atoms with van der Waals surface area (Å²) in [7, 11) is 3.14. The van der Waals surface area contributed by atoms with E-state index in [1.165, 1.54) is 9.21 Å². The number of rotatable bonds is 5. The van der Waals surface area contributed by atoms with Crippen LogP contribution in [0.25, 0.3) is 11.0 Å². The molecule has 3 rings (SSSR count). The summed E-state index contributed by atoms with van der Waals surface area (Å²) in [5.41, 5.74) is 4.02. The molecule has 0 aliphatic rings. The number of carbonyl (C=O) groups is 1. The summed E-state index contributed by atoms with van der Waals surface area (Å²) < 4.78 is 29.1. The first kappa shape index (κ1) is 21.0. The summed E-state index contributed by atoms with van der Waals surface area (Å²) in [6, 6.07) is 10.5. The molecule has 1 aromatic heterocycles. The second kappa shape index (κ2) is 7.61. The third-order valence-corrected chi connectivity index (χ3v) is 6.98. The number of sulfonamides is 1. The Morgan fingerprint density at radius 2 is 1.72 bits per heavy atom. The molecule has 3 aromatic rings. The van der Waals surface area contributed by atoms with Crippen LogP contribution in [-0.4, -0.2) is 54.2 Å². The van der Waals surface area contributed by atoms with E-state index in [-0.39, 0.29) is 17.3 Å². The van der Waals surface area contributed by atoms with Crippen LogP contribution in [0.2, 0.25) is 0 Å². The fourth-order valence-electron chi connectivity index (χ4n) is 3.12. The maximum Gasteiger partial charge on any atom is 0.253 e. The minimum Gasteiger partial charge on any atom is -0.345 e. The standard InChI is InChI=1S/C21H26N4O3S/c1-14-7-9-17(11-15(14)2)29(27,28)24(5)13-20-22-18-12-16(21(26)23(3)4)8-10-19(18)25(20)6/h7-12H,13H2,1-6H3. The molecule has 0 N–H and O–H groups in total. The Morgan fingerprint density at radius 1 is 1.03 bits per heavy atom. The van der Waals surface area contributed by atoms with Gasteiger partial charge in [-0.3, -0.25) is 4.79 Å². The van der Waals surface area contributed by atoms with E-state index in [1.54, 1.807) is 45.4 Å². The second-order valence-electron chi connectivity index (χ2n) is 7.50. The Hall–Kier alpha value is -2.71. The molecule has 29 heavy (non-hydrogen) atoms. The smallest absolute Gasteiger partial charge is 0.253 e. The largest absolute Gasteiger partial charge is 0.345 e. The van der Waals surface area contributed by atoms with Crippen LogP contribution in [0.5, 0.6) is 0 Å². The molecule has 0 aliphatic carbocycles. The van der Waals surface area contributed by atoms with Gasteiger partial charge < -0.3 is 9.47 Å². The van der Waals surface area contributed by atoms with Crippen molar-refractivity contribution < 1.29 is 13.2 Å². The van der Waals surface area contributed by atoms with Gasteiger partial charge in [0.2, 0.25) is 10.0 Å². The summed E-state index contributed by atoms with van der Waals surface area (Å²) in [6.45, 7) is 3.97. The molecule has 0 saturated carbocycles. The van der Waals surface area contributed by atoms with Crippen molar-refractivity contribution >= 4 is 27.0 Å². The molecule has 2 aromatic carbocycles. The number of nitrogens with zero attached hydrogens (tertiary/aromatic N) is 4. The number of aromatic nitrogens is 2. The lowest BCUT2D eigenvalue weighted by molar-refractivity contribution is 0.0827. The van der Waals surface area contributed by atoms with E-state index in [0.717, 1.165) is 16.6 Å². The summed E-state index contributed by atoms with van der Waals surface area (Å²) in [6.07, 6.45) is 0.